The van der Waals surface area contributed by atoms with Crippen LogP contribution in [0.3, 0.4) is 0 Å². The molecule has 2 rings (SSSR count). The maximum atomic E-state index is 4.44. The minimum atomic E-state index is 0.945. The van der Waals surface area contributed by atoms with Crippen molar-refractivity contribution in [3.05, 3.63) is 72.5 Å². The van der Waals surface area contributed by atoms with Crippen LogP contribution in [0.25, 0.3) is 16.8 Å². The van der Waals surface area contributed by atoms with Crippen LogP contribution in [0.2, 0.25) is 0 Å². The number of nitrogens with zero attached hydrogens (tertiary/aromatic N) is 3. The first kappa shape index (κ1) is 19.9. The van der Waals surface area contributed by atoms with Gasteiger partial charge < -0.3 is 4.90 Å². The van der Waals surface area contributed by atoms with E-state index < -0.39 is 0 Å². The molecular weight excluding hydrogens is 338 g/mol. The Bertz CT molecular complexity index is 834. The van der Waals surface area contributed by atoms with Gasteiger partial charge in [-0.1, -0.05) is 56.0 Å². The highest BCUT2D eigenvalue weighted by Gasteiger charge is 2.07. The Morgan fingerprint density at radius 1 is 1.15 bits per heavy atom. The predicted octanol–water partition coefficient (Wildman–Crippen LogP) is 5.96. The molecular formula is C22H27N3S. The summed E-state index contributed by atoms with van der Waals surface area (Å²) >= 11 is 1.66. The quantitative estimate of drug-likeness (QED) is 0.249. The van der Waals surface area contributed by atoms with Gasteiger partial charge >= 0.3 is 0 Å². The molecule has 0 fully saturated rings. The van der Waals surface area contributed by atoms with Crippen LogP contribution in [0.5, 0.6) is 0 Å². The number of anilines is 1. The Morgan fingerprint density at radius 3 is 2.50 bits per heavy atom. The van der Waals surface area contributed by atoms with Crippen molar-refractivity contribution in [1.29, 1.82) is 0 Å². The Hall–Kier alpha value is -2.46. The zero-order chi connectivity index (χ0) is 18.9. The molecule has 2 aromatic carbocycles. The summed E-state index contributed by atoms with van der Waals surface area (Å²) in [4.78, 5) is 2.15. The zero-order valence-electron chi connectivity index (χ0n) is 16.0. The molecule has 0 saturated carbocycles. The monoisotopic (exact) mass is 365 g/mol. The Kier molecular flexibility index (Phi) is 7.54. The van der Waals surface area contributed by atoms with Gasteiger partial charge in [-0.15, -0.1) is 0 Å². The van der Waals surface area contributed by atoms with E-state index in [4.69, 9.17) is 0 Å². The average molecular weight is 366 g/mol. The molecule has 0 aliphatic rings. The summed E-state index contributed by atoms with van der Waals surface area (Å²) in [6.07, 6.45) is 9.80. The Balaban J connectivity index is 2.46. The van der Waals surface area contributed by atoms with Gasteiger partial charge in [0.05, 0.1) is 5.70 Å². The molecule has 0 aliphatic carbocycles. The highest BCUT2D eigenvalue weighted by molar-refractivity contribution is 7.97. The first-order valence-corrected chi connectivity index (χ1v) is 9.68. The van der Waals surface area contributed by atoms with Crippen LogP contribution in [0.4, 0.5) is 5.69 Å². The number of hydrogen-bond acceptors (Lipinski definition) is 4. The number of benzene rings is 2. The van der Waals surface area contributed by atoms with E-state index in [1.807, 2.05) is 17.4 Å². The second kappa shape index (κ2) is 9.88. The lowest BCUT2D eigenvalue weighted by molar-refractivity contribution is 0.643. The maximum absolute atomic E-state index is 4.44. The minimum Gasteiger partial charge on any atom is -0.377 e. The van der Waals surface area contributed by atoms with Crippen LogP contribution in [0.1, 0.15) is 19.4 Å². The minimum absolute atomic E-state index is 0.945. The number of hydrazone groups is 1. The van der Waals surface area contributed by atoms with E-state index >= 15 is 0 Å². The molecule has 26 heavy (non-hydrogen) atoms. The van der Waals surface area contributed by atoms with E-state index in [2.05, 4.69) is 86.1 Å². The van der Waals surface area contributed by atoms with Gasteiger partial charge in [0.15, 0.2) is 0 Å². The summed E-state index contributed by atoms with van der Waals surface area (Å²) in [5, 5.41) is 6.93. The third-order valence-corrected chi connectivity index (χ3v) is 4.64. The van der Waals surface area contributed by atoms with E-state index in [-0.39, 0.29) is 0 Å². The molecule has 3 nitrogen and oxygen atoms in total. The van der Waals surface area contributed by atoms with Gasteiger partial charge in [0, 0.05) is 37.1 Å². The van der Waals surface area contributed by atoms with Gasteiger partial charge in [-0.3, -0.25) is 0 Å². The first-order valence-electron chi connectivity index (χ1n) is 8.73. The molecule has 0 saturated heterocycles. The van der Waals surface area contributed by atoms with E-state index in [1.54, 1.807) is 24.2 Å². The standard InChI is InChI=1S/C22H27N3S/c1-6-11-19(25(23-7-2)26-8-3)16-14-18-15-17-22(24(4)5)21-13-10-9-12-20(18)21/h6-7,9-17H,1,8H2,2-5H3/b16-14+,19-11-,23-7+. The van der Waals surface area contributed by atoms with Gasteiger partial charge in [0.1, 0.15) is 0 Å². The predicted molar refractivity (Wildman–Crippen MR) is 120 cm³/mol. The van der Waals surface area contributed by atoms with Crippen LogP contribution in [0, 0.1) is 0 Å². The molecule has 0 aliphatic heterocycles. The molecule has 0 unspecified atom stereocenters. The lowest BCUT2D eigenvalue weighted by atomic mass is 10.0. The van der Waals surface area contributed by atoms with E-state index in [0.717, 1.165) is 11.4 Å². The summed E-state index contributed by atoms with van der Waals surface area (Å²) < 4.78 is 1.93. The molecule has 0 atom stereocenters. The highest BCUT2D eigenvalue weighted by Crippen LogP contribution is 2.30. The van der Waals surface area contributed by atoms with Crippen molar-refractivity contribution in [3.63, 3.8) is 0 Å². The number of fused-ring (bicyclic) bond motifs is 1. The van der Waals surface area contributed by atoms with Crippen molar-refractivity contribution in [2.45, 2.75) is 13.8 Å². The molecule has 0 bridgehead atoms. The van der Waals surface area contributed by atoms with Gasteiger partial charge in [-0.25, -0.2) is 4.41 Å². The molecule has 0 N–H and O–H groups in total. The largest absolute Gasteiger partial charge is 0.377 e. The van der Waals surface area contributed by atoms with Crippen LogP contribution in [0.15, 0.2) is 72.0 Å². The van der Waals surface area contributed by atoms with Crippen molar-refractivity contribution >= 4 is 40.7 Å². The first-order chi connectivity index (χ1) is 12.6. The lowest BCUT2D eigenvalue weighted by Crippen LogP contribution is -2.09. The van der Waals surface area contributed by atoms with Crippen LogP contribution >= 0.6 is 11.9 Å². The molecule has 2 aromatic rings. The second-order valence-electron chi connectivity index (χ2n) is 5.84. The van der Waals surface area contributed by atoms with Crippen molar-refractivity contribution < 1.29 is 0 Å². The SMILES string of the molecule is C=C/C=C(/C=C/c1ccc(N(C)C)c2ccccc12)N(/N=C/C)SCC. The van der Waals surface area contributed by atoms with Crippen molar-refractivity contribution in [2.24, 2.45) is 5.10 Å². The van der Waals surface area contributed by atoms with Crippen molar-refractivity contribution in [2.75, 3.05) is 24.7 Å². The topological polar surface area (TPSA) is 18.8 Å². The third-order valence-electron chi connectivity index (χ3n) is 3.83. The number of hydrogen-bond donors (Lipinski definition) is 0. The normalized spacial score (nSPS) is 12.2. The van der Waals surface area contributed by atoms with E-state index in [0.29, 0.717) is 0 Å². The molecule has 4 heteroatoms. The molecule has 0 heterocycles. The fraction of sp³-hybridized carbons (Fsp3) is 0.227. The van der Waals surface area contributed by atoms with Gasteiger partial charge in [0.25, 0.3) is 0 Å². The van der Waals surface area contributed by atoms with E-state index in [1.165, 1.54) is 22.0 Å². The molecule has 0 aromatic heterocycles. The zero-order valence-corrected chi connectivity index (χ0v) is 16.8. The number of allylic oxidation sites excluding steroid dienone is 3. The highest BCUT2D eigenvalue weighted by atomic mass is 32.2. The number of rotatable bonds is 8. The fourth-order valence-electron chi connectivity index (χ4n) is 2.72. The lowest BCUT2D eigenvalue weighted by Gasteiger charge is -2.18. The van der Waals surface area contributed by atoms with Gasteiger partial charge in [-0.2, -0.15) is 5.10 Å². The summed E-state index contributed by atoms with van der Waals surface area (Å²) in [7, 11) is 4.15. The summed E-state index contributed by atoms with van der Waals surface area (Å²) in [5.74, 6) is 0.945. The van der Waals surface area contributed by atoms with Gasteiger partial charge in [0.2, 0.25) is 0 Å². The molecule has 0 amide bonds. The maximum Gasteiger partial charge on any atom is 0.0722 e. The Labute approximate surface area is 161 Å². The smallest absolute Gasteiger partial charge is 0.0722 e. The van der Waals surface area contributed by atoms with Crippen molar-refractivity contribution in [3.8, 4) is 0 Å². The third kappa shape index (κ3) is 4.79. The molecule has 136 valence electrons. The summed E-state index contributed by atoms with van der Waals surface area (Å²) in [6.45, 7) is 7.87. The Morgan fingerprint density at radius 2 is 1.88 bits per heavy atom. The molecule has 0 radical (unpaired) electrons. The second-order valence-corrected chi connectivity index (χ2v) is 7.02. The van der Waals surface area contributed by atoms with Gasteiger partial charge in [-0.05, 0) is 48.0 Å². The van der Waals surface area contributed by atoms with E-state index in [9.17, 15) is 0 Å². The summed E-state index contributed by atoms with van der Waals surface area (Å²) in [5.41, 5.74) is 3.40. The van der Waals surface area contributed by atoms with Crippen LogP contribution in [-0.2, 0) is 0 Å². The summed E-state index contributed by atoms with van der Waals surface area (Å²) in [6, 6.07) is 12.8. The van der Waals surface area contributed by atoms with Crippen LogP contribution in [-0.4, -0.2) is 30.5 Å². The fourth-order valence-corrected chi connectivity index (χ4v) is 3.40. The van der Waals surface area contributed by atoms with Crippen molar-refractivity contribution in [1.82, 2.24) is 4.41 Å². The molecule has 0 spiro atoms. The average Bonchev–Trinajstić information content (AvgIpc) is 2.64. The van der Waals surface area contributed by atoms with Crippen LogP contribution < -0.4 is 4.90 Å².